The van der Waals surface area contributed by atoms with Gasteiger partial charge < -0.3 is 24.3 Å². The largest absolute Gasteiger partial charge is 0.382 e. The van der Waals surface area contributed by atoms with E-state index in [4.69, 9.17) is 18.9 Å². The summed E-state index contributed by atoms with van der Waals surface area (Å²) < 4.78 is 21.7. The number of ether oxygens (including phenoxy) is 4. The van der Waals surface area contributed by atoms with Gasteiger partial charge in [-0.3, -0.25) is 0 Å². The molecule has 1 rings (SSSR count). The van der Waals surface area contributed by atoms with Crippen LogP contribution in [0.5, 0.6) is 0 Å². The number of morpholine rings is 1. The topological polar surface area (TPSA) is 49.0 Å². The van der Waals surface area contributed by atoms with Crippen LogP contribution in [0.3, 0.4) is 0 Å². The van der Waals surface area contributed by atoms with Crippen LogP contribution in [0, 0.1) is 0 Å². The Bertz CT molecular complexity index is 211. The molecule has 1 N–H and O–H groups in total. The first-order valence-corrected chi connectivity index (χ1v) is 6.67. The fourth-order valence-corrected chi connectivity index (χ4v) is 1.88. The zero-order chi connectivity index (χ0) is 13.3. The molecule has 1 aliphatic heterocycles. The van der Waals surface area contributed by atoms with Gasteiger partial charge in [0.2, 0.25) is 0 Å². The third-order valence-electron chi connectivity index (χ3n) is 2.72. The van der Waals surface area contributed by atoms with Crippen molar-refractivity contribution in [3.8, 4) is 0 Å². The van der Waals surface area contributed by atoms with Crippen LogP contribution in [0.15, 0.2) is 0 Å². The highest BCUT2D eigenvalue weighted by Crippen LogP contribution is 2.15. The number of nitrogens with one attached hydrogen (secondary N) is 1. The van der Waals surface area contributed by atoms with Crippen molar-refractivity contribution >= 4 is 0 Å². The maximum Gasteiger partial charge on any atom is 0.0940 e. The Kier molecular flexibility index (Phi) is 7.77. The van der Waals surface area contributed by atoms with Gasteiger partial charge in [-0.15, -0.1) is 0 Å². The van der Waals surface area contributed by atoms with E-state index in [2.05, 4.69) is 19.2 Å². The summed E-state index contributed by atoms with van der Waals surface area (Å²) in [5.74, 6) is 0. The van der Waals surface area contributed by atoms with Crippen molar-refractivity contribution < 1.29 is 18.9 Å². The fourth-order valence-electron chi connectivity index (χ4n) is 1.88. The van der Waals surface area contributed by atoms with Gasteiger partial charge >= 0.3 is 0 Å². The van der Waals surface area contributed by atoms with E-state index in [-0.39, 0.29) is 11.7 Å². The normalized spacial score (nSPS) is 23.2. The van der Waals surface area contributed by atoms with E-state index in [9.17, 15) is 0 Å². The van der Waals surface area contributed by atoms with E-state index in [1.54, 1.807) is 7.11 Å². The third-order valence-corrected chi connectivity index (χ3v) is 2.72. The summed E-state index contributed by atoms with van der Waals surface area (Å²) in [4.78, 5) is 0. The molecule has 1 atom stereocenters. The molecule has 0 amide bonds. The predicted molar refractivity (Wildman–Crippen MR) is 70.0 cm³/mol. The van der Waals surface area contributed by atoms with Crippen LogP contribution in [0.4, 0.5) is 0 Å². The van der Waals surface area contributed by atoms with Gasteiger partial charge in [0, 0.05) is 33.4 Å². The molecule has 5 heteroatoms. The van der Waals surface area contributed by atoms with E-state index in [0.717, 1.165) is 26.1 Å². The Labute approximate surface area is 110 Å². The molecule has 0 radical (unpaired) electrons. The molecule has 1 fully saturated rings. The van der Waals surface area contributed by atoms with Crippen molar-refractivity contribution in [3.05, 3.63) is 0 Å². The number of rotatable bonds is 9. The highest BCUT2D eigenvalue weighted by Gasteiger charge is 2.28. The smallest absolute Gasteiger partial charge is 0.0940 e. The van der Waals surface area contributed by atoms with Crippen molar-refractivity contribution in [1.29, 1.82) is 0 Å². The van der Waals surface area contributed by atoms with Crippen LogP contribution in [-0.2, 0) is 18.9 Å². The zero-order valence-corrected chi connectivity index (χ0v) is 11.9. The lowest BCUT2D eigenvalue weighted by atomic mass is 10.1. The average Bonchev–Trinajstić information content (AvgIpc) is 2.31. The van der Waals surface area contributed by atoms with Crippen molar-refractivity contribution in [3.63, 3.8) is 0 Å². The minimum Gasteiger partial charge on any atom is -0.382 e. The van der Waals surface area contributed by atoms with Gasteiger partial charge in [0.1, 0.15) is 0 Å². The maximum atomic E-state index is 5.90. The van der Waals surface area contributed by atoms with Crippen LogP contribution in [0.2, 0.25) is 0 Å². The molecule has 1 saturated heterocycles. The lowest BCUT2D eigenvalue weighted by Gasteiger charge is -2.36. The van der Waals surface area contributed by atoms with Gasteiger partial charge in [-0.1, -0.05) is 0 Å². The van der Waals surface area contributed by atoms with Crippen LogP contribution in [0.1, 0.15) is 20.3 Å². The highest BCUT2D eigenvalue weighted by atomic mass is 16.6. The Morgan fingerprint density at radius 1 is 1.17 bits per heavy atom. The first-order valence-electron chi connectivity index (χ1n) is 6.67. The summed E-state index contributed by atoms with van der Waals surface area (Å²) in [6.45, 7) is 9.34. The molecular formula is C13H27NO4. The van der Waals surface area contributed by atoms with E-state index in [1.165, 1.54) is 0 Å². The Hall–Kier alpha value is -0.200. The van der Waals surface area contributed by atoms with E-state index in [0.29, 0.717) is 26.4 Å². The summed E-state index contributed by atoms with van der Waals surface area (Å²) in [5, 5.41) is 3.36. The van der Waals surface area contributed by atoms with Gasteiger partial charge in [-0.25, -0.2) is 0 Å². The molecule has 1 aliphatic rings. The van der Waals surface area contributed by atoms with Gasteiger partial charge in [0.15, 0.2) is 0 Å². The zero-order valence-electron chi connectivity index (χ0n) is 11.9. The van der Waals surface area contributed by atoms with Gasteiger partial charge in [-0.05, 0) is 20.3 Å². The van der Waals surface area contributed by atoms with Crippen molar-refractivity contribution in [2.75, 3.05) is 53.2 Å². The molecule has 0 aromatic rings. The first-order chi connectivity index (χ1) is 8.64. The van der Waals surface area contributed by atoms with Crippen LogP contribution >= 0.6 is 0 Å². The summed E-state index contributed by atoms with van der Waals surface area (Å²) >= 11 is 0. The fraction of sp³-hybridized carbons (Fsp3) is 1.00. The molecule has 5 nitrogen and oxygen atoms in total. The van der Waals surface area contributed by atoms with E-state index < -0.39 is 0 Å². The second-order valence-corrected chi connectivity index (χ2v) is 5.16. The molecule has 0 spiro atoms. The summed E-state index contributed by atoms with van der Waals surface area (Å²) in [6.07, 6.45) is 1.07. The van der Waals surface area contributed by atoms with Crippen LogP contribution in [-0.4, -0.2) is 64.9 Å². The Morgan fingerprint density at radius 2 is 1.94 bits per heavy atom. The minimum atomic E-state index is -0.0878. The van der Waals surface area contributed by atoms with E-state index >= 15 is 0 Å². The molecule has 0 bridgehead atoms. The van der Waals surface area contributed by atoms with E-state index in [1.807, 2.05) is 0 Å². The standard InChI is InChI=1S/C13H27NO4/c1-13(2)11-14-9-12(18-13)10-17-6-4-5-16-8-7-15-3/h12,14H,4-11H2,1-3H3. The molecule has 1 heterocycles. The second kappa shape index (κ2) is 8.82. The molecule has 0 saturated carbocycles. The Morgan fingerprint density at radius 3 is 2.67 bits per heavy atom. The quantitative estimate of drug-likeness (QED) is 0.623. The molecule has 0 aromatic heterocycles. The average molecular weight is 261 g/mol. The number of hydrogen-bond acceptors (Lipinski definition) is 5. The van der Waals surface area contributed by atoms with Gasteiger partial charge in [0.05, 0.1) is 31.5 Å². The molecule has 108 valence electrons. The molecule has 0 aliphatic carbocycles. The van der Waals surface area contributed by atoms with Gasteiger partial charge in [-0.2, -0.15) is 0 Å². The van der Waals surface area contributed by atoms with Gasteiger partial charge in [0.25, 0.3) is 0 Å². The van der Waals surface area contributed by atoms with Crippen LogP contribution < -0.4 is 5.32 Å². The SMILES string of the molecule is COCCOCCCOCC1CNCC(C)(C)O1. The maximum absolute atomic E-state index is 5.90. The van der Waals surface area contributed by atoms with Crippen molar-refractivity contribution in [2.45, 2.75) is 32.0 Å². The molecular weight excluding hydrogens is 234 g/mol. The lowest BCUT2D eigenvalue weighted by Crippen LogP contribution is -2.51. The predicted octanol–water partition coefficient (Wildman–Crippen LogP) is 0.823. The Balaban J connectivity index is 1.91. The van der Waals surface area contributed by atoms with Crippen molar-refractivity contribution in [1.82, 2.24) is 5.32 Å². The summed E-state index contributed by atoms with van der Waals surface area (Å²) in [7, 11) is 1.67. The van der Waals surface area contributed by atoms with Crippen molar-refractivity contribution in [2.24, 2.45) is 0 Å². The second-order valence-electron chi connectivity index (χ2n) is 5.16. The molecule has 18 heavy (non-hydrogen) atoms. The monoisotopic (exact) mass is 261 g/mol. The first kappa shape index (κ1) is 15.9. The molecule has 0 aromatic carbocycles. The summed E-state index contributed by atoms with van der Waals surface area (Å²) in [6, 6.07) is 0. The van der Waals surface area contributed by atoms with Crippen LogP contribution in [0.25, 0.3) is 0 Å². The third kappa shape index (κ3) is 7.28. The lowest BCUT2D eigenvalue weighted by molar-refractivity contribution is -0.120. The minimum absolute atomic E-state index is 0.0878. The molecule has 1 unspecified atom stereocenters. The summed E-state index contributed by atoms with van der Waals surface area (Å²) in [5.41, 5.74) is -0.0878. The highest BCUT2D eigenvalue weighted by molar-refractivity contribution is 4.81. The number of hydrogen-bond donors (Lipinski definition) is 1. The number of methoxy groups -OCH3 is 1.